The van der Waals surface area contributed by atoms with Crippen molar-refractivity contribution in [1.82, 2.24) is 15.1 Å². The lowest BCUT2D eigenvalue weighted by atomic mass is 10.1. The molecular weight excluding hydrogens is 284 g/mol. The molecule has 4 heteroatoms. The van der Waals surface area contributed by atoms with Gasteiger partial charge < -0.3 is 4.90 Å². The van der Waals surface area contributed by atoms with Crippen LogP contribution in [0.3, 0.4) is 0 Å². The van der Waals surface area contributed by atoms with E-state index in [1.54, 1.807) is 0 Å². The monoisotopic (exact) mass is 306 g/mol. The lowest BCUT2D eigenvalue weighted by molar-refractivity contribution is 0.260. The number of hydrogen-bond acceptors (Lipinski definition) is 3. The molecule has 2 aromatic carbocycles. The van der Waals surface area contributed by atoms with Gasteiger partial charge >= 0.3 is 0 Å². The molecule has 3 aromatic rings. The first-order valence-corrected chi connectivity index (χ1v) is 8.34. The third-order valence-corrected chi connectivity index (χ3v) is 4.71. The number of rotatable bonds is 4. The third-order valence-electron chi connectivity index (χ3n) is 4.71. The molecule has 0 bridgehead atoms. The van der Waals surface area contributed by atoms with Gasteiger partial charge in [-0.15, -0.1) is 0 Å². The van der Waals surface area contributed by atoms with E-state index in [2.05, 4.69) is 68.5 Å². The van der Waals surface area contributed by atoms with Crippen molar-refractivity contribution in [2.75, 3.05) is 37.6 Å². The minimum absolute atomic E-state index is 1.03. The highest BCUT2D eigenvalue weighted by Gasteiger charge is 2.17. The van der Waals surface area contributed by atoms with Crippen molar-refractivity contribution in [3.63, 3.8) is 0 Å². The Balaban J connectivity index is 1.33. The van der Waals surface area contributed by atoms with Crippen LogP contribution in [0.5, 0.6) is 0 Å². The molecular formula is C19H22N4. The first kappa shape index (κ1) is 14.3. The summed E-state index contributed by atoms with van der Waals surface area (Å²) in [6.07, 6.45) is 1.03. The fourth-order valence-electron chi connectivity index (χ4n) is 3.34. The number of benzene rings is 2. The zero-order chi connectivity index (χ0) is 15.5. The molecule has 0 spiro atoms. The predicted octanol–water partition coefficient (Wildman–Crippen LogP) is 2.93. The molecule has 0 unspecified atom stereocenters. The van der Waals surface area contributed by atoms with Crippen LogP contribution in [0.4, 0.5) is 5.69 Å². The lowest BCUT2D eigenvalue weighted by Gasteiger charge is -2.36. The molecule has 1 N–H and O–H groups in total. The van der Waals surface area contributed by atoms with Crippen LogP contribution in [0.25, 0.3) is 10.9 Å². The smallest absolute Gasteiger partial charge is 0.0923 e. The fraction of sp³-hybridized carbons (Fsp3) is 0.316. The zero-order valence-corrected chi connectivity index (χ0v) is 13.3. The maximum absolute atomic E-state index is 4.38. The van der Waals surface area contributed by atoms with Gasteiger partial charge in [0, 0.05) is 55.9 Å². The van der Waals surface area contributed by atoms with Gasteiger partial charge in [0.15, 0.2) is 0 Å². The lowest BCUT2D eigenvalue weighted by Crippen LogP contribution is -2.47. The number of piperazine rings is 1. The molecule has 118 valence electrons. The summed E-state index contributed by atoms with van der Waals surface area (Å²) >= 11 is 0. The summed E-state index contributed by atoms with van der Waals surface area (Å²) in [6.45, 7) is 5.55. The van der Waals surface area contributed by atoms with Crippen molar-refractivity contribution < 1.29 is 0 Å². The second-order valence-electron chi connectivity index (χ2n) is 6.13. The molecule has 4 rings (SSSR count). The molecule has 0 amide bonds. The Hall–Kier alpha value is -2.33. The molecule has 1 saturated heterocycles. The van der Waals surface area contributed by atoms with Crippen molar-refractivity contribution >= 4 is 16.6 Å². The van der Waals surface area contributed by atoms with Gasteiger partial charge in [-0.05, 0) is 18.2 Å². The first-order valence-electron chi connectivity index (χ1n) is 8.34. The summed E-state index contributed by atoms with van der Waals surface area (Å²) in [7, 11) is 0. The van der Waals surface area contributed by atoms with Crippen LogP contribution in [0.1, 0.15) is 5.69 Å². The van der Waals surface area contributed by atoms with E-state index in [0.717, 1.165) is 44.7 Å². The van der Waals surface area contributed by atoms with Gasteiger partial charge in [0.2, 0.25) is 0 Å². The Morgan fingerprint density at radius 1 is 0.870 bits per heavy atom. The van der Waals surface area contributed by atoms with E-state index in [0.29, 0.717) is 0 Å². The number of nitrogens with zero attached hydrogens (tertiary/aromatic N) is 3. The van der Waals surface area contributed by atoms with Gasteiger partial charge in [-0.1, -0.05) is 36.4 Å². The largest absolute Gasteiger partial charge is 0.369 e. The summed E-state index contributed by atoms with van der Waals surface area (Å²) in [6, 6.07) is 19.1. The van der Waals surface area contributed by atoms with Gasteiger partial charge in [0.05, 0.1) is 5.52 Å². The minimum Gasteiger partial charge on any atom is -0.369 e. The molecule has 1 fully saturated rings. The third kappa shape index (κ3) is 3.08. The number of nitrogens with one attached hydrogen (secondary N) is 1. The van der Waals surface area contributed by atoms with E-state index in [9.17, 15) is 0 Å². The van der Waals surface area contributed by atoms with E-state index >= 15 is 0 Å². The molecule has 4 nitrogen and oxygen atoms in total. The highest BCUT2D eigenvalue weighted by atomic mass is 15.3. The van der Waals surface area contributed by atoms with Crippen LogP contribution >= 0.6 is 0 Å². The van der Waals surface area contributed by atoms with Gasteiger partial charge in [0.1, 0.15) is 0 Å². The van der Waals surface area contributed by atoms with Crippen LogP contribution in [0.2, 0.25) is 0 Å². The molecule has 2 heterocycles. The number of para-hydroxylation sites is 2. The Bertz CT molecular complexity index is 757. The second kappa shape index (κ2) is 6.42. The molecule has 0 aliphatic carbocycles. The Morgan fingerprint density at radius 3 is 2.43 bits per heavy atom. The van der Waals surface area contributed by atoms with Crippen molar-refractivity contribution in [3.8, 4) is 0 Å². The summed E-state index contributed by atoms with van der Waals surface area (Å²) in [5, 5.41) is 8.84. The van der Waals surface area contributed by atoms with Crippen molar-refractivity contribution in [2.24, 2.45) is 0 Å². The fourth-order valence-corrected chi connectivity index (χ4v) is 3.34. The number of hydrogen-bond donors (Lipinski definition) is 1. The SMILES string of the molecule is c1ccc(N2CCN(CCc3[nH]nc4ccccc34)CC2)cc1. The van der Waals surface area contributed by atoms with E-state index in [1.165, 1.54) is 16.8 Å². The van der Waals surface area contributed by atoms with Crippen molar-refractivity contribution in [3.05, 3.63) is 60.3 Å². The molecule has 1 aliphatic rings. The number of aromatic amines is 1. The molecule has 0 atom stereocenters. The molecule has 1 aromatic heterocycles. The number of aromatic nitrogens is 2. The number of H-pyrrole nitrogens is 1. The van der Waals surface area contributed by atoms with Crippen LogP contribution in [0.15, 0.2) is 54.6 Å². The maximum Gasteiger partial charge on any atom is 0.0923 e. The maximum atomic E-state index is 4.38. The van der Waals surface area contributed by atoms with Crippen LogP contribution in [0, 0.1) is 0 Å². The molecule has 0 radical (unpaired) electrons. The van der Waals surface area contributed by atoms with Gasteiger partial charge in [-0.3, -0.25) is 10.00 Å². The topological polar surface area (TPSA) is 35.2 Å². The van der Waals surface area contributed by atoms with E-state index < -0.39 is 0 Å². The van der Waals surface area contributed by atoms with Crippen molar-refractivity contribution in [2.45, 2.75) is 6.42 Å². The highest BCUT2D eigenvalue weighted by molar-refractivity contribution is 5.81. The standard InChI is InChI=1S/C19H22N4/c1-2-6-16(7-3-1)23-14-12-22(13-15-23)11-10-19-17-8-4-5-9-18(17)20-21-19/h1-9H,10-15H2,(H,20,21). The van der Waals surface area contributed by atoms with Crippen LogP contribution in [-0.2, 0) is 6.42 Å². The van der Waals surface area contributed by atoms with Gasteiger partial charge in [0.25, 0.3) is 0 Å². The summed E-state index contributed by atoms with van der Waals surface area (Å²) in [5.41, 5.74) is 3.66. The quantitative estimate of drug-likeness (QED) is 0.805. The number of fused-ring (bicyclic) bond motifs is 1. The van der Waals surface area contributed by atoms with E-state index in [-0.39, 0.29) is 0 Å². The first-order chi connectivity index (χ1) is 11.4. The molecule has 0 saturated carbocycles. The van der Waals surface area contributed by atoms with Gasteiger partial charge in [-0.25, -0.2) is 0 Å². The highest BCUT2D eigenvalue weighted by Crippen LogP contribution is 2.18. The normalized spacial score (nSPS) is 16.1. The van der Waals surface area contributed by atoms with Crippen LogP contribution in [-0.4, -0.2) is 47.8 Å². The average molecular weight is 306 g/mol. The van der Waals surface area contributed by atoms with Crippen molar-refractivity contribution in [1.29, 1.82) is 0 Å². The van der Waals surface area contributed by atoms with E-state index in [1.807, 2.05) is 6.07 Å². The number of anilines is 1. The Morgan fingerprint density at radius 2 is 1.61 bits per heavy atom. The second-order valence-corrected chi connectivity index (χ2v) is 6.13. The summed E-state index contributed by atoms with van der Waals surface area (Å²) < 4.78 is 0. The zero-order valence-electron chi connectivity index (χ0n) is 13.3. The summed E-state index contributed by atoms with van der Waals surface area (Å²) in [4.78, 5) is 5.02. The Labute approximate surface area is 136 Å². The Kier molecular flexibility index (Phi) is 3.99. The van der Waals surface area contributed by atoms with E-state index in [4.69, 9.17) is 0 Å². The average Bonchev–Trinajstić information content (AvgIpc) is 3.04. The molecule has 1 aliphatic heterocycles. The molecule has 23 heavy (non-hydrogen) atoms. The minimum atomic E-state index is 1.03. The summed E-state index contributed by atoms with van der Waals surface area (Å²) in [5.74, 6) is 0. The predicted molar refractivity (Wildman–Crippen MR) is 94.9 cm³/mol. The van der Waals surface area contributed by atoms with Gasteiger partial charge in [-0.2, -0.15) is 5.10 Å². The van der Waals surface area contributed by atoms with Crippen LogP contribution < -0.4 is 4.90 Å².